The highest BCUT2D eigenvalue weighted by Crippen LogP contribution is 2.37. The molecule has 0 radical (unpaired) electrons. The van der Waals surface area contributed by atoms with Gasteiger partial charge in [0.15, 0.2) is 0 Å². The van der Waals surface area contributed by atoms with E-state index in [1.165, 1.54) is 12.3 Å². The summed E-state index contributed by atoms with van der Waals surface area (Å²) in [4.78, 5) is 22.3. The minimum absolute atomic E-state index is 0.159. The van der Waals surface area contributed by atoms with E-state index in [4.69, 9.17) is 5.73 Å². The zero-order valence-corrected chi connectivity index (χ0v) is 19.8. The van der Waals surface area contributed by atoms with Crippen molar-refractivity contribution >= 4 is 33.3 Å². The van der Waals surface area contributed by atoms with Gasteiger partial charge >= 0.3 is 0 Å². The maximum atomic E-state index is 15.2. The van der Waals surface area contributed by atoms with Crippen LogP contribution in [-0.4, -0.2) is 48.0 Å². The fraction of sp³-hybridized carbons (Fsp3) is 0.143. The van der Waals surface area contributed by atoms with Crippen molar-refractivity contribution in [3.63, 3.8) is 0 Å². The molecule has 4 N–H and O–H groups in total. The van der Waals surface area contributed by atoms with Crippen LogP contribution in [0.3, 0.4) is 0 Å². The van der Waals surface area contributed by atoms with Gasteiger partial charge in [0.1, 0.15) is 5.82 Å². The van der Waals surface area contributed by atoms with Gasteiger partial charge in [-0.15, -0.1) is 0 Å². The monoisotopic (exact) mass is 469 g/mol. The number of rotatable bonds is 8. The van der Waals surface area contributed by atoms with Gasteiger partial charge in [-0.2, -0.15) is 0 Å². The van der Waals surface area contributed by atoms with Gasteiger partial charge in [-0.05, 0) is 50.0 Å². The molecule has 1 amide bonds. The van der Waals surface area contributed by atoms with Crippen LogP contribution in [0.4, 0.5) is 4.39 Å². The van der Waals surface area contributed by atoms with E-state index in [0.717, 1.165) is 33.9 Å². The molecule has 4 aromatic rings. The Labute approximate surface area is 203 Å². The lowest BCUT2D eigenvalue weighted by molar-refractivity contribution is 0.0951. The molecule has 0 aliphatic carbocycles. The Hall–Kier alpha value is -4.23. The predicted molar refractivity (Wildman–Crippen MR) is 141 cm³/mol. The van der Waals surface area contributed by atoms with Crippen molar-refractivity contribution in [3.05, 3.63) is 96.7 Å². The van der Waals surface area contributed by atoms with E-state index < -0.39 is 0 Å². The first-order chi connectivity index (χ1) is 16.9. The summed E-state index contributed by atoms with van der Waals surface area (Å²) in [7, 11) is 3.90. The first-order valence-electron chi connectivity index (χ1n) is 11.3. The van der Waals surface area contributed by atoms with Crippen LogP contribution in [-0.2, 0) is 0 Å². The number of nitrogens with two attached hydrogens (primary N) is 1. The van der Waals surface area contributed by atoms with Gasteiger partial charge in [0.05, 0.1) is 17.4 Å². The molecule has 0 aliphatic heterocycles. The maximum Gasteiger partial charge on any atom is 0.251 e. The van der Waals surface area contributed by atoms with Crippen LogP contribution in [0.5, 0.6) is 0 Å². The molecule has 4 rings (SSSR count). The second-order valence-corrected chi connectivity index (χ2v) is 8.44. The van der Waals surface area contributed by atoms with E-state index in [2.05, 4.69) is 21.9 Å². The summed E-state index contributed by atoms with van der Waals surface area (Å²) in [6, 6.07) is 12.1. The molecule has 6 nitrogen and oxygen atoms in total. The summed E-state index contributed by atoms with van der Waals surface area (Å²) in [5, 5.41) is 4.47. The molecule has 2 heterocycles. The van der Waals surface area contributed by atoms with E-state index >= 15 is 4.39 Å². The van der Waals surface area contributed by atoms with E-state index in [0.29, 0.717) is 28.9 Å². The highest BCUT2D eigenvalue weighted by atomic mass is 19.1. The smallest absolute Gasteiger partial charge is 0.251 e. The van der Waals surface area contributed by atoms with Crippen LogP contribution in [0.25, 0.3) is 38.5 Å². The maximum absolute atomic E-state index is 15.2. The Bertz CT molecular complexity index is 1450. The SMILES string of the molecule is C=C/C=C\C(=C/N)c1cc2c(cn1)[nH]c1ccc(F)c(-c3ccc(C(=O)NCCN(C)C)cc3)c12. The van der Waals surface area contributed by atoms with E-state index in [-0.39, 0.29) is 11.7 Å². The van der Waals surface area contributed by atoms with E-state index in [9.17, 15) is 4.79 Å². The molecule has 0 spiro atoms. The molecule has 0 aliphatic rings. The van der Waals surface area contributed by atoms with Crippen molar-refractivity contribution in [2.45, 2.75) is 0 Å². The number of halogens is 1. The molecule has 7 heteroatoms. The molecule has 35 heavy (non-hydrogen) atoms. The third kappa shape index (κ3) is 5.00. The topological polar surface area (TPSA) is 87.0 Å². The summed E-state index contributed by atoms with van der Waals surface area (Å²) in [6.45, 7) is 4.99. The number of fused-ring (bicyclic) bond motifs is 3. The number of likely N-dealkylation sites (N-methyl/N-ethyl adjacent to an activating group) is 1. The molecule has 0 fully saturated rings. The van der Waals surface area contributed by atoms with Gasteiger partial charge in [-0.25, -0.2) is 4.39 Å². The highest BCUT2D eigenvalue weighted by molar-refractivity contribution is 6.14. The summed E-state index contributed by atoms with van der Waals surface area (Å²) in [5.41, 5.74) is 10.5. The number of pyridine rings is 1. The van der Waals surface area contributed by atoms with Crippen molar-refractivity contribution in [3.8, 4) is 11.1 Å². The van der Waals surface area contributed by atoms with Crippen LogP contribution in [0, 0.1) is 5.82 Å². The normalized spacial score (nSPS) is 12.2. The zero-order valence-electron chi connectivity index (χ0n) is 19.8. The number of allylic oxidation sites excluding steroid dienone is 4. The molecule has 0 unspecified atom stereocenters. The number of amides is 1. The summed E-state index contributed by atoms with van der Waals surface area (Å²) >= 11 is 0. The van der Waals surface area contributed by atoms with Crippen molar-refractivity contribution < 1.29 is 9.18 Å². The standard InChI is InChI=1S/C28H28FN5O/c1-4-5-6-20(16-30)24-15-21-25(17-32-24)33-23-12-11-22(29)26(27(21)23)18-7-9-19(10-8-18)28(35)31-13-14-34(2)3/h4-12,15-17,33H,1,13-14,30H2,2-3H3,(H,31,35)/b6-5-,20-16+. The number of aromatic amines is 1. The zero-order chi connectivity index (χ0) is 24.9. The second-order valence-electron chi connectivity index (χ2n) is 8.44. The molecule has 178 valence electrons. The molecule has 0 bridgehead atoms. The lowest BCUT2D eigenvalue weighted by Gasteiger charge is -2.11. The fourth-order valence-corrected chi connectivity index (χ4v) is 3.99. The number of nitrogens with one attached hydrogen (secondary N) is 2. The Kier molecular flexibility index (Phi) is 7.08. The third-order valence-corrected chi connectivity index (χ3v) is 5.76. The van der Waals surface area contributed by atoms with Crippen LogP contribution < -0.4 is 11.1 Å². The summed E-state index contributed by atoms with van der Waals surface area (Å²) in [5.74, 6) is -0.505. The van der Waals surface area contributed by atoms with Gasteiger partial charge in [-0.3, -0.25) is 9.78 Å². The number of H-pyrrole nitrogens is 1. The fourth-order valence-electron chi connectivity index (χ4n) is 3.99. The number of carbonyl (C=O) groups excluding carboxylic acids is 1. The Morgan fingerprint density at radius 1 is 1.20 bits per heavy atom. The van der Waals surface area contributed by atoms with E-state index in [1.807, 2.05) is 31.1 Å². The first-order valence-corrected chi connectivity index (χ1v) is 11.3. The average Bonchev–Trinajstić information content (AvgIpc) is 3.22. The van der Waals surface area contributed by atoms with Gasteiger partial charge in [0, 0.05) is 52.3 Å². The number of carbonyl (C=O) groups is 1. The summed E-state index contributed by atoms with van der Waals surface area (Å²) < 4.78 is 15.2. The predicted octanol–water partition coefficient (Wildman–Crippen LogP) is 4.86. The number of aromatic nitrogens is 2. The third-order valence-electron chi connectivity index (χ3n) is 5.76. The number of nitrogens with zero attached hydrogens (tertiary/aromatic N) is 2. The highest BCUT2D eigenvalue weighted by Gasteiger charge is 2.17. The molecule has 0 saturated carbocycles. The van der Waals surface area contributed by atoms with Crippen LogP contribution in [0.2, 0.25) is 0 Å². The molecular weight excluding hydrogens is 441 g/mol. The Morgan fingerprint density at radius 2 is 1.97 bits per heavy atom. The van der Waals surface area contributed by atoms with E-state index in [1.54, 1.807) is 48.7 Å². The van der Waals surface area contributed by atoms with Gasteiger partial charge in [0.25, 0.3) is 5.91 Å². The molecule has 0 atom stereocenters. The summed E-state index contributed by atoms with van der Waals surface area (Å²) in [6.07, 6.45) is 8.46. The quantitative estimate of drug-likeness (QED) is 0.322. The minimum Gasteiger partial charge on any atom is -0.404 e. The van der Waals surface area contributed by atoms with Crippen LogP contribution >= 0.6 is 0 Å². The molecule has 2 aromatic heterocycles. The molecule has 0 saturated heterocycles. The number of hydrogen-bond acceptors (Lipinski definition) is 4. The minimum atomic E-state index is -0.346. The molecular formula is C28H28FN5O. The van der Waals surface area contributed by atoms with Crippen LogP contribution in [0.1, 0.15) is 16.1 Å². The second kappa shape index (κ2) is 10.4. The van der Waals surface area contributed by atoms with Crippen molar-refractivity contribution in [2.24, 2.45) is 5.73 Å². The van der Waals surface area contributed by atoms with Crippen molar-refractivity contribution in [1.29, 1.82) is 0 Å². The van der Waals surface area contributed by atoms with Crippen LogP contribution in [0.15, 0.2) is 79.7 Å². The van der Waals surface area contributed by atoms with Crippen molar-refractivity contribution in [2.75, 3.05) is 27.2 Å². The Morgan fingerprint density at radius 3 is 2.66 bits per heavy atom. The lowest BCUT2D eigenvalue weighted by Crippen LogP contribution is -2.31. The largest absolute Gasteiger partial charge is 0.404 e. The van der Waals surface area contributed by atoms with Gasteiger partial charge in [-0.1, -0.05) is 36.9 Å². The average molecular weight is 470 g/mol. The lowest BCUT2D eigenvalue weighted by atomic mass is 9.97. The van der Waals surface area contributed by atoms with Gasteiger partial charge < -0.3 is 20.9 Å². The first kappa shape index (κ1) is 23.9. The Balaban J connectivity index is 1.77. The number of benzene rings is 2. The van der Waals surface area contributed by atoms with Gasteiger partial charge in [0.2, 0.25) is 0 Å². The van der Waals surface area contributed by atoms with Crippen molar-refractivity contribution in [1.82, 2.24) is 20.2 Å². The number of hydrogen-bond donors (Lipinski definition) is 3. The molecule has 2 aromatic carbocycles.